The van der Waals surface area contributed by atoms with Crippen LogP contribution in [0.3, 0.4) is 0 Å². The summed E-state index contributed by atoms with van der Waals surface area (Å²) in [5.74, 6) is -0.848. The number of hydrogen-bond donors (Lipinski definition) is 2. The lowest BCUT2D eigenvalue weighted by Crippen LogP contribution is -2.38. The average Bonchev–Trinajstić information content (AvgIpc) is 3.29. The van der Waals surface area contributed by atoms with E-state index in [1.807, 2.05) is 42.5 Å². The van der Waals surface area contributed by atoms with Crippen LogP contribution in [0, 0.1) is 0 Å². The maximum Gasteiger partial charge on any atom is 0.340 e. The number of esters is 1. The molecule has 0 spiro atoms. The molecule has 9 nitrogen and oxygen atoms in total. The highest BCUT2D eigenvalue weighted by molar-refractivity contribution is 6.06. The van der Waals surface area contributed by atoms with Crippen LogP contribution in [0.5, 0.6) is 0 Å². The highest BCUT2D eigenvalue weighted by atomic mass is 16.5. The van der Waals surface area contributed by atoms with Crippen molar-refractivity contribution in [1.82, 2.24) is 19.7 Å². The molecule has 5 rings (SSSR count). The van der Waals surface area contributed by atoms with Crippen molar-refractivity contribution in [2.75, 3.05) is 11.9 Å². The smallest absolute Gasteiger partial charge is 0.340 e. The van der Waals surface area contributed by atoms with Crippen molar-refractivity contribution in [3.05, 3.63) is 87.8 Å². The van der Waals surface area contributed by atoms with Crippen molar-refractivity contribution in [1.29, 1.82) is 0 Å². The van der Waals surface area contributed by atoms with Gasteiger partial charge in [0.05, 0.1) is 16.8 Å². The molecule has 0 bridgehead atoms. The van der Waals surface area contributed by atoms with Crippen LogP contribution in [0.4, 0.5) is 5.82 Å². The molecule has 9 heteroatoms. The van der Waals surface area contributed by atoms with E-state index in [-0.39, 0.29) is 17.8 Å². The molecule has 196 valence electrons. The number of benzene rings is 2. The molecule has 0 saturated heterocycles. The van der Waals surface area contributed by atoms with Gasteiger partial charge in [0, 0.05) is 48.3 Å². The lowest BCUT2D eigenvalue weighted by Gasteiger charge is -2.32. The molecule has 1 atom stereocenters. The topological polar surface area (TPSA) is 109 Å². The summed E-state index contributed by atoms with van der Waals surface area (Å²) in [5, 5.41) is 6.29. The highest BCUT2D eigenvalue weighted by Gasteiger charge is 2.30. The number of pyridine rings is 1. The van der Waals surface area contributed by atoms with Gasteiger partial charge in [-0.3, -0.25) is 24.6 Å². The van der Waals surface area contributed by atoms with Crippen LogP contribution in [-0.4, -0.2) is 50.2 Å². The minimum Gasteiger partial charge on any atom is -0.449 e. The number of carbonyl (C=O) groups is 2. The molecule has 2 aromatic heterocycles. The summed E-state index contributed by atoms with van der Waals surface area (Å²) in [6, 6.07) is 18.2. The number of para-hydroxylation sites is 2. The summed E-state index contributed by atoms with van der Waals surface area (Å²) in [5.41, 5.74) is 3.26. The van der Waals surface area contributed by atoms with Crippen LogP contribution in [0.25, 0.3) is 16.6 Å². The van der Waals surface area contributed by atoms with Crippen molar-refractivity contribution < 1.29 is 14.3 Å². The van der Waals surface area contributed by atoms with E-state index in [9.17, 15) is 14.4 Å². The first-order valence-electron chi connectivity index (χ1n) is 12.9. The van der Waals surface area contributed by atoms with Gasteiger partial charge in [-0.1, -0.05) is 43.3 Å². The van der Waals surface area contributed by atoms with E-state index >= 15 is 0 Å². The van der Waals surface area contributed by atoms with Gasteiger partial charge in [0.15, 0.2) is 6.10 Å². The van der Waals surface area contributed by atoms with Gasteiger partial charge in [0.25, 0.3) is 11.5 Å². The number of H-pyrrole nitrogens is 1. The number of nitrogens with zero attached hydrogens (tertiary/aromatic N) is 3. The number of anilines is 1. The summed E-state index contributed by atoms with van der Waals surface area (Å²) in [6.07, 6.45) is -0.0365. The molecular formula is C29H31N5O4. The van der Waals surface area contributed by atoms with Crippen LogP contribution in [0.2, 0.25) is 0 Å². The number of nitrogens with one attached hydrogen (secondary N) is 2. The number of carbonyl (C=O) groups excluding carboxylic acids is 2. The third-order valence-corrected chi connectivity index (χ3v) is 6.92. The van der Waals surface area contributed by atoms with E-state index in [2.05, 4.69) is 29.2 Å². The molecule has 4 aromatic rings. The summed E-state index contributed by atoms with van der Waals surface area (Å²) in [6.45, 7) is 7.49. The van der Waals surface area contributed by atoms with E-state index in [0.29, 0.717) is 29.2 Å². The molecule has 2 aromatic carbocycles. The van der Waals surface area contributed by atoms with E-state index in [4.69, 9.17) is 9.72 Å². The van der Waals surface area contributed by atoms with E-state index in [0.717, 1.165) is 29.7 Å². The Bertz CT molecular complexity index is 1540. The standard InChI is InChI=1S/C29H31N5O4/c1-4-24(28(36)31-25-16-26(35)34(32-25)19-10-6-5-7-11-19)38-29(37)27-20-12-8-9-13-22(20)30-23-14-15-33(18(2)3)17-21(23)27/h5-13,16,18,24,32H,4,14-15,17H2,1-3H3,(H,31,36). The van der Waals surface area contributed by atoms with Gasteiger partial charge in [0.1, 0.15) is 5.82 Å². The third kappa shape index (κ3) is 4.97. The maximum atomic E-state index is 13.7. The normalized spacial score (nSPS) is 14.3. The Morgan fingerprint density at radius 1 is 1.11 bits per heavy atom. The average molecular weight is 514 g/mol. The van der Waals surface area contributed by atoms with Gasteiger partial charge >= 0.3 is 5.97 Å². The summed E-state index contributed by atoms with van der Waals surface area (Å²) in [7, 11) is 0. The van der Waals surface area contributed by atoms with Crippen molar-refractivity contribution in [3.8, 4) is 5.69 Å². The molecule has 0 saturated carbocycles. The second kappa shape index (κ2) is 10.6. The predicted octanol–water partition coefficient (Wildman–Crippen LogP) is 4.05. The molecule has 1 aliphatic heterocycles. The monoisotopic (exact) mass is 513 g/mol. The first-order chi connectivity index (χ1) is 18.4. The molecule has 1 unspecified atom stereocenters. The van der Waals surface area contributed by atoms with Gasteiger partial charge in [-0.25, -0.2) is 9.48 Å². The Hall–Kier alpha value is -4.24. The first-order valence-corrected chi connectivity index (χ1v) is 12.9. The molecule has 0 radical (unpaired) electrons. The second-order valence-corrected chi connectivity index (χ2v) is 9.71. The fraction of sp³-hybridized carbons (Fsp3) is 0.310. The fourth-order valence-corrected chi connectivity index (χ4v) is 4.84. The largest absolute Gasteiger partial charge is 0.449 e. The molecule has 3 heterocycles. The van der Waals surface area contributed by atoms with E-state index in [1.54, 1.807) is 19.1 Å². The Labute approximate surface area is 220 Å². The van der Waals surface area contributed by atoms with Gasteiger partial charge in [-0.2, -0.15) is 0 Å². The number of ether oxygens (including phenoxy) is 1. The Kier molecular flexibility index (Phi) is 7.11. The van der Waals surface area contributed by atoms with Gasteiger partial charge in [-0.05, 0) is 38.5 Å². The van der Waals surface area contributed by atoms with E-state index < -0.39 is 18.0 Å². The van der Waals surface area contributed by atoms with Crippen LogP contribution >= 0.6 is 0 Å². The maximum absolute atomic E-state index is 13.7. The van der Waals surface area contributed by atoms with Crippen LogP contribution < -0.4 is 10.9 Å². The number of amides is 1. The number of aromatic amines is 1. The van der Waals surface area contributed by atoms with Crippen molar-refractivity contribution in [2.24, 2.45) is 0 Å². The molecule has 38 heavy (non-hydrogen) atoms. The van der Waals surface area contributed by atoms with Gasteiger partial charge in [0.2, 0.25) is 0 Å². The molecule has 1 amide bonds. The Morgan fingerprint density at radius 2 is 1.84 bits per heavy atom. The lowest BCUT2D eigenvalue weighted by atomic mass is 9.95. The minimum atomic E-state index is -1.04. The van der Waals surface area contributed by atoms with Crippen LogP contribution in [-0.2, 0) is 22.5 Å². The summed E-state index contributed by atoms with van der Waals surface area (Å²) < 4.78 is 7.15. The zero-order valence-corrected chi connectivity index (χ0v) is 21.7. The predicted molar refractivity (Wildman–Crippen MR) is 146 cm³/mol. The quantitative estimate of drug-likeness (QED) is 0.361. The summed E-state index contributed by atoms with van der Waals surface area (Å²) >= 11 is 0. The number of hydrogen-bond acceptors (Lipinski definition) is 6. The summed E-state index contributed by atoms with van der Waals surface area (Å²) in [4.78, 5) is 46.4. The second-order valence-electron chi connectivity index (χ2n) is 9.71. The van der Waals surface area contributed by atoms with Crippen LogP contribution in [0.1, 0.15) is 48.8 Å². The number of rotatable bonds is 7. The lowest BCUT2D eigenvalue weighted by molar-refractivity contribution is -0.124. The molecule has 0 fully saturated rings. The van der Waals surface area contributed by atoms with Crippen molar-refractivity contribution >= 4 is 28.6 Å². The van der Waals surface area contributed by atoms with Crippen molar-refractivity contribution in [2.45, 2.75) is 52.3 Å². The SMILES string of the molecule is CCC(OC(=O)c1c2c(nc3ccccc13)CCN(C(C)C)C2)C(=O)Nc1cc(=O)n(-c2ccccc2)[nH]1. The zero-order valence-electron chi connectivity index (χ0n) is 21.7. The van der Waals surface area contributed by atoms with E-state index in [1.165, 1.54) is 10.7 Å². The molecule has 2 N–H and O–H groups in total. The minimum absolute atomic E-state index is 0.220. The van der Waals surface area contributed by atoms with Crippen molar-refractivity contribution in [3.63, 3.8) is 0 Å². The first kappa shape index (κ1) is 25.4. The zero-order chi connectivity index (χ0) is 26.8. The third-order valence-electron chi connectivity index (χ3n) is 6.92. The molecule has 1 aliphatic rings. The number of aromatic nitrogens is 3. The molecule has 0 aliphatic carbocycles. The molecular weight excluding hydrogens is 482 g/mol. The Balaban J connectivity index is 1.41. The fourth-order valence-electron chi connectivity index (χ4n) is 4.84. The van der Waals surface area contributed by atoms with Crippen LogP contribution in [0.15, 0.2) is 65.5 Å². The Morgan fingerprint density at radius 3 is 2.58 bits per heavy atom. The van der Waals surface area contributed by atoms with Gasteiger partial charge in [-0.15, -0.1) is 0 Å². The highest BCUT2D eigenvalue weighted by Crippen LogP contribution is 2.30. The van der Waals surface area contributed by atoms with Gasteiger partial charge < -0.3 is 10.1 Å². The number of fused-ring (bicyclic) bond motifs is 2.